The number of hydrogen-bond donors (Lipinski definition) is 0. The van der Waals surface area contributed by atoms with Crippen LogP contribution in [0.1, 0.15) is 10.4 Å². The Kier molecular flexibility index (Phi) is 6.58. The number of halogens is 1. The van der Waals surface area contributed by atoms with Gasteiger partial charge in [-0.25, -0.2) is 12.8 Å². The van der Waals surface area contributed by atoms with Crippen molar-refractivity contribution in [2.75, 3.05) is 57.4 Å². The van der Waals surface area contributed by atoms with Gasteiger partial charge < -0.3 is 14.5 Å². The Morgan fingerprint density at radius 2 is 1.67 bits per heavy atom. The molecule has 2 saturated heterocycles. The second-order valence-electron chi connectivity index (χ2n) is 7.68. The first-order valence-electron chi connectivity index (χ1n) is 10.4. The Morgan fingerprint density at radius 1 is 1.00 bits per heavy atom. The summed E-state index contributed by atoms with van der Waals surface area (Å²) in [6.45, 7) is 1.92. The summed E-state index contributed by atoms with van der Waals surface area (Å²) in [4.78, 5) is 26.5. The number of nitro groups is 1. The maximum Gasteiger partial charge on any atom is 0.270 e. The largest absolute Gasteiger partial charge is 0.379 e. The second kappa shape index (κ2) is 9.41. The molecule has 176 valence electrons. The van der Waals surface area contributed by atoms with Gasteiger partial charge in [0.2, 0.25) is 10.0 Å². The number of ether oxygens (including phenoxy) is 1. The molecule has 1 amide bonds. The van der Waals surface area contributed by atoms with Crippen LogP contribution < -0.4 is 4.90 Å². The van der Waals surface area contributed by atoms with Crippen molar-refractivity contribution in [3.8, 4) is 0 Å². The molecule has 0 radical (unpaired) electrons. The summed E-state index contributed by atoms with van der Waals surface area (Å²) in [6, 6.07) is 9.53. The molecule has 0 saturated carbocycles. The molecule has 0 bridgehead atoms. The molecule has 2 aliphatic heterocycles. The van der Waals surface area contributed by atoms with Crippen LogP contribution in [0, 0.1) is 15.9 Å². The van der Waals surface area contributed by atoms with Crippen LogP contribution in [0.25, 0.3) is 0 Å². The quantitative estimate of drug-likeness (QED) is 0.475. The van der Waals surface area contributed by atoms with Crippen molar-refractivity contribution in [3.63, 3.8) is 0 Å². The average molecular weight is 479 g/mol. The van der Waals surface area contributed by atoms with Gasteiger partial charge in [-0.1, -0.05) is 12.1 Å². The van der Waals surface area contributed by atoms with Gasteiger partial charge in [0.05, 0.1) is 29.4 Å². The summed E-state index contributed by atoms with van der Waals surface area (Å²) in [6.07, 6.45) is 0. The molecular weight excluding hydrogens is 455 g/mol. The molecule has 0 aromatic heterocycles. The Labute approximate surface area is 190 Å². The predicted molar refractivity (Wildman–Crippen MR) is 117 cm³/mol. The molecule has 2 aromatic carbocycles. The molecule has 0 aliphatic carbocycles. The van der Waals surface area contributed by atoms with E-state index in [1.165, 1.54) is 39.5 Å². The van der Waals surface area contributed by atoms with Crippen molar-refractivity contribution in [1.29, 1.82) is 0 Å². The summed E-state index contributed by atoms with van der Waals surface area (Å²) < 4.78 is 47.2. The first-order chi connectivity index (χ1) is 15.8. The highest BCUT2D eigenvalue weighted by molar-refractivity contribution is 7.89. The molecule has 10 nitrogen and oxygen atoms in total. The standard InChI is InChI=1S/C21H23FN4O6S/c22-18-4-2-1-3-17(18)21(27)24-9-7-23(8-10-24)19-6-5-16(26(28)29)15-20(19)33(30,31)25-11-13-32-14-12-25/h1-6,15H,7-14H2. The van der Waals surface area contributed by atoms with Gasteiger partial charge in [-0.15, -0.1) is 0 Å². The van der Waals surface area contributed by atoms with Gasteiger partial charge in [-0.05, 0) is 18.2 Å². The lowest BCUT2D eigenvalue weighted by Crippen LogP contribution is -2.49. The van der Waals surface area contributed by atoms with Crippen LogP contribution in [-0.2, 0) is 14.8 Å². The van der Waals surface area contributed by atoms with E-state index in [9.17, 15) is 27.7 Å². The van der Waals surface area contributed by atoms with E-state index in [1.54, 1.807) is 11.0 Å². The lowest BCUT2D eigenvalue weighted by molar-refractivity contribution is -0.385. The zero-order valence-electron chi connectivity index (χ0n) is 17.7. The van der Waals surface area contributed by atoms with E-state index in [2.05, 4.69) is 0 Å². The minimum atomic E-state index is -4.00. The second-order valence-corrected chi connectivity index (χ2v) is 9.59. The Balaban J connectivity index is 1.59. The molecule has 2 fully saturated rings. The molecule has 12 heteroatoms. The zero-order chi connectivity index (χ0) is 23.6. The number of nitrogens with zero attached hydrogens (tertiary/aromatic N) is 4. The van der Waals surface area contributed by atoms with Gasteiger partial charge in [-0.2, -0.15) is 4.31 Å². The lowest BCUT2D eigenvalue weighted by atomic mass is 10.1. The number of non-ortho nitro benzene ring substituents is 1. The fourth-order valence-electron chi connectivity index (χ4n) is 3.97. The molecule has 33 heavy (non-hydrogen) atoms. The molecule has 0 spiro atoms. The Hall–Kier alpha value is -3.09. The van der Waals surface area contributed by atoms with E-state index in [0.29, 0.717) is 18.8 Å². The summed E-state index contributed by atoms with van der Waals surface area (Å²) >= 11 is 0. The summed E-state index contributed by atoms with van der Waals surface area (Å²) in [5.41, 5.74) is 0.000837. The fraction of sp³-hybridized carbons (Fsp3) is 0.381. The van der Waals surface area contributed by atoms with Gasteiger partial charge >= 0.3 is 0 Å². The smallest absolute Gasteiger partial charge is 0.270 e. The molecule has 0 unspecified atom stereocenters. The van der Waals surface area contributed by atoms with E-state index in [1.807, 2.05) is 0 Å². The van der Waals surface area contributed by atoms with Crippen LogP contribution in [-0.4, -0.2) is 80.9 Å². The van der Waals surface area contributed by atoms with Crippen LogP contribution in [0.3, 0.4) is 0 Å². The number of carbonyl (C=O) groups excluding carboxylic acids is 1. The fourth-order valence-corrected chi connectivity index (χ4v) is 5.60. The monoisotopic (exact) mass is 478 g/mol. The number of morpholine rings is 1. The normalized spacial score (nSPS) is 17.7. The Bertz CT molecular complexity index is 1160. The van der Waals surface area contributed by atoms with E-state index in [4.69, 9.17) is 4.74 Å². The van der Waals surface area contributed by atoms with Crippen LogP contribution in [0.5, 0.6) is 0 Å². The van der Waals surface area contributed by atoms with E-state index < -0.39 is 26.7 Å². The van der Waals surface area contributed by atoms with Crippen molar-refractivity contribution < 1.29 is 27.3 Å². The maximum absolute atomic E-state index is 14.0. The molecule has 0 N–H and O–H groups in total. The summed E-state index contributed by atoms with van der Waals surface area (Å²) in [5, 5.41) is 11.3. The van der Waals surface area contributed by atoms with Crippen LogP contribution in [0.15, 0.2) is 47.4 Å². The number of benzene rings is 2. The number of piperazine rings is 1. The third kappa shape index (κ3) is 4.68. The zero-order valence-corrected chi connectivity index (χ0v) is 18.5. The van der Waals surface area contributed by atoms with Crippen LogP contribution in [0.4, 0.5) is 15.8 Å². The summed E-state index contributed by atoms with van der Waals surface area (Å²) in [5.74, 6) is -1.03. The van der Waals surface area contributed by atoms with Crippen LogP contribution >= 0.6 is 0 Å². The third-order valence-corrected chi connectivity index (χ3v) is 7.68. The van der Waals surface area contributed by atoms with Gasteiger partial charge in [0.1, 0.15) is 10.7 Å². The Morgan fingerprint density at radius 3 is 2.30 bits per heavy atom. The number of anilines is 1. The van der Waals surface area contributed by atoms with Crippen molar-refractivity contribution in [2.45, 2.75) is 4.90 Å². The number of rotatable bonds is 5. The maximum atomic E-state index is 14.0. The minimum absolute atomic E-state index is 0.0168. The van der Waals surface area contributed by atoms with Gasteiger partial charge in [0, 0.05) is 51.4 Å². The van der Waals surface area contributed by atoms with E-state index in [0.717, 1.165) is 6.07 Å². The van der Waals surface area contributed by atoms with Gasteiger partial charge in [0.25, 0.3) is 11.6 Å². The molecule has 2 aliphatic rings. The lowest BCUT2D eigenvalue weighted by Gasteiger charge is -2.37. The van der Waals surface area contributed by atoms with Crippen molar-refractivity contribution in [3.05, 3.63) is 64.0 Å². The third-order valence-electron chi connectivity index (χ3n) is 5.75. The topological polar surface area (TPSA) is 113 Å². The number of amides is 1. The first kappa shape index (κ1) is 23.1. The molecule has 0 atom stereocenters. The van der Waals surface area contributed by atoms with E-state index in [-0.39, 0.29) is 55.5 Å². The SMILES string of the molecule is O=C(c1ccccc1F)N1CCN(c2ccc([N+](=O)[O-])cc2S(=O)(=O)N2CCOCC2)CC1. The highest BCUT2D eigenvalue weighted by atomic mass is 32.2. The minimum Gasteiger partial charge on any atom is -0.379 e. The van der Waals surface area contributed by atoms with Crippen molar-refractivity contribution in [1.82, 2.24) is 9.21 Å². The van der Waals surface area contributed by atoms with Crippen LogP contribution in [0.2, 0.25) is 0 Å². The highest BCUT2D eigenvalue weighted by Gasteiger charge is 2.33. The number of carbonyl (C=O) groups is 1. The van der Waals surface area contributed by atoms with Crippen molar-refractivity contribution in [2.24, 2.45) is 0 Å². The average Bonchev–Trinajstić information content (AvgIpc) is 2.84. The molecular formula is C21H23FN4O6S. The first-order valence-corrected chi connectivity index (χ1v) is 11.9. The molecule has 4 rings (SSSR count). The van der Waals surface area contributed by atoms with E-state index >= 15 is 0 Å². The summed E-state index contributed by atoms with van der Waals surface area (Å²) in [7, 11) is -4.00. The van der Waals surface area contributed by atoms with Gasteiger partial charge in [0.15, 0.2) is 0 Å². The number of sulfonamides is 1. The highest BCUT2D eigenvalue weighted by Crippen LogP contribution is 2.32. The molecule has 2 aromatic rings. The van der Waals surface area contributed by atoms with Crippen molar-refractivity contribution >= 4 is 27.3 Å². The van der Waals surface area contributed by atoms with Gasteiger partial charge in [-0.3, -0.25) is 14.9 Å². The number of hydrogen-bond acceptors (Lipinski definition) is 7. The molecule has 2 heterocycles. The number of nitro benzene ring substituents is 1. The predicted octanol–water partition coefficient (Wildman–Crippen LogP) is 1.72.